The monoisotopic (exact) mass is 282 g/mol. The number of aryl methyl sites for hydroxylation is 1. The first-order valence-corrected chi connectivity index (χ1v) is 6.41. The Morgan fingerprint density at radius 3 is 2.60 bits per heavy atom. The Labute approximate surface area is 117 Å². The molecule has 6 heteroatoms. The van der Waals surface area contributed by atoms with Crippen LogP contribution in [0.5, 0.6) is 0 Å². The maximum absolute atomic E-state index is 13.1. The van der Waals surface area contributed by atoms with Gasteiger partial charge in [0.25, 0.3) is 0 Å². The molecule has 2 amide bonds. The minimum Gasteiger partial charge on any atom is -0.480 e. The zero-order chi connectivity index (χ0) is 15.3. The molecule has 0 heterocycles. The first-order valence-electron chi connectivity index (χ1n) is 6.41. The van der Waals surface area contributed by atoms with Crippen molar-refractivity contribution in [1.29, 1.82) is 0 Å². The number of benzene rings is 1. The van der Waals surface area contributed by atoms with E-state index in [-0.39, 0.29) is 5.92 Å². The molecule has 0 aliphatic carbocycles. The predicted octanol–water partition coefficient (Wildman–Crippen LogP) is 2.75. The van der Waals surface area contributed by atoms with Crippen molar-refractivity contribution in [3.63, 3.8) is 0 Å². The van der Waals surface area contributed by atoms with Crippen molar-refractivity contribution in [2.24, 2.45) is 5.92 Å². The third-order valence-electron chi connectivity index (χ3n) is 3.21. The van der Waals surface area contributed by atoms with Crippen molar-refractivity contribution in [2.75, 3.05) is 5.32 Å². The quantitative estimate of drug-likeness (QED) is 0.777. The summed E-state index contributed by atoms with van der Waals surface area (Å²) in [6, 6.07) is 2.38. The number of carbonyl (C=O) groups is 2. The van der Waals surface area contributed by atoms with E-state index in [9.17, 15) is 14.0 Å². The lowest BCUT2D eigenvalue weighted by Crippen LogP contribution is -2.46. The Morgan fingerprint density at radius 1 is 1.40 bits per heavy atom. The second kappa shape index (κ2) is 6.88. The maximum atomic E-state index is 13.1. The average Bonchev–Trinajstić information content (AvgIpc) is 2.39. The fourth-order valence-electron chi connectivity index (χ4n) is 1.71. The SMILES string of the molecule is CC[C@H](C)[C@H](NC(=O)Nc1cc(F)ccc1C)C(=O)O. The molecule has 0 aliphatic heterocycles. The van der Waals surface area contributed by atoms with E-state index < -0.39 is 23.9 Å². The Kier molecular flexibility index (Phi) is 5.49. The largest absolute Gasteiger partial charge is 0.480 e. The molecule has 0 bridgehead atoms. The number of amides is 2. The molecule has 0 unspecified atom stereocenters. The van der Waals surface area contributed by atoms with Crippen molar-refractivity contribution >= 4 is 17.7 Å². The molecule has 0 radical (unpaired) electrons. The van der Waals surface area contributed by atoms with Gasteiger partial charge in [0.1, 0.15) is 11.9 Å². The van der Waals surface area contributed by atoms with Gasteiger partial charge in [-0.15, -0.1) is 0 Å². The molecule has 1 aromatic rings. The van der Waals surface area contributed by atoms with Gasteiger partial charge >= 0.3 is 12.0 Å². The number of anilines is 1. The smallest absolute Gasteiger partial charge is 0.326 e. The highest BCUT2D eigenvalue weighted by Crippen LogP contribution is 2.16. The number of hydrogen-bond acceptors (Lipinski definition) is 2. The van der Waals surface area contributed by atoms with Crippen molar-refractivity contribution in [3.8, 4) is 0 Å². The Bertz CT molecular complexity index is 505. The standard InChI is InChI=1S/C14H19FN2O3/c1-4-8(2)12(13(18)19)17-14(20)16-11-7-10(15)6-5-9(11)3/h5-8,12H,4H2,1-3H3,(H,18,19)(H2,16,17,20)/t8-,12-/m0/s1. The molecule has 0 fully saturated rings. The average molecular weight is 282 g/mol. The molecule has 2 atom stereocenters. The van der Waals surface area contributed by atoms with Crippen LogP contribution in [0.4, 0.5) is 14.9 Å². The molecule has 20 heavy (non-hydrogen) atoms. The number of hydrogen-bond donors (Lipinski definition) is 3. The molecule has 110 valence electrons. The number of halogens is 1. The van der Waals surface area contributed by atoms with Crippen LogP contribution in [0.2, 0.25) is 0 Å². The predicted molar refractivity (Wildman–Crippen MR) is 74.2 cm³/mol. The molecule has 1 aromatic carbocycles. The summed E-state index contributed by atoms with van der Waals surface area (Å²) < 4.78 is 13.1. The van der Waals surface area contributed by atoms with Crippen LogP contribution < -0.4 is 10.6 Å². The summed E-state index contributed by atoms with van der Waals surface area (Å²) in [7, 11) is 0. The van der Waals surface area contributed by atoms with E-state index in [1.54, 1.807) is 13.8 Å². The van der Waals surface area contributed by atoms with Crippen molar-refractivity contribution in [2.45, 2.75) is 33.2 Å². The van der Waals surface area contributed by atoms with Crippen LogP contribution in [0.15, 0.2) is 18.2 Å². The summed E-state index contributed by atoms with van der Waals surface area (Å²) in [6.45, 7) is 5.31. The third-order valence-corrected chi connectivity index (χ3v) is 3.21. The van der Waals surface area contributed by atoms with Gasteiger partial charge in [-0.05, 0) is 30.5 Å². The van der Waals surface area contributed by atoms with E-state index in [1.807, 2.05) is 6.92 Å². The summed E-state index contributed by atoms with van der Waals surface area (Å²) in [6.07, 6.45) is 0.621. The van der Waals surface area contributed by atoms with Gasteiger partial charge in [0.05, 0.1) is 0 Å². The molecule has 5 nitrogen and oxygen atoms in total. The minimum absolute atomic E-state index is 0.202. The minimum atomic E-state index is -1.09. The fraction of sp³-hybridized carbons (Fsp3) is 0.429. The first-order chi connectivity index (χ1) is 9.35. The highest BCUT2D eigenvalue weighted by atomic mass is 19.1. The van der Waals surface area contributed by atoms with Gasteiger partial charge < -0.3 is 15.7 Å². The van der Waals surface area contributed by atoms with Gasteiger partial charge in [-0.25, -0.2) is 14.0 Å². The second-order valence-electron chi connectivity index (χ2n) is 4.76. The first kappa shape index (κ1) is 15.9. The lowest BCUT2D eigenvalue weighted by Gasteiger charge is -2.20. The molecule has 0 saturated heterocycles. The molecule has 1 rings (SSSR count). The highest BCUT2D eigenvalue weighted by molar-refractivity contribution is 5.92. The maximum Gasteiger partial charge on any atom is 0.326 e. The third kappa shape index (κ3) is 4.22. The number of carbonyl (C=O) groups excluding carboxylic acids is 1. The molecular weight excluding hydrogens is 263 g/mol. The van der Waals surface area contributed by atoms with E-state index >= 15 is 0 Å². The number of nitrogens with one attached hydrogen (secondary N) is 2. The van der Waals surface area contributed by atoms with Gasteiger partial charge in [0.15, 0.2) is 0 Å². The van der Waals surface area contributed by atoms with Crippen LogP contribution >= 0.6 is 0 Å². The van der Waals surface area contributed by atoms with Gasteiger partial charge in [-0.3, -0.25) is 0 Å². The van der Waals surface area contributed by atoms with E-state index in [2.05, 4.69) is 10.6 Å². The lowest BCUT2D eigenvalue weighted by molar-refractivity contribution is -0.140. The molecule has 0 aliphatic rings. The van der Waals surface area contributed by atoms with Crippen LogP contribution in [-0.2, 0) is 4.79 Å². The highest BCUT2D eigenvalue weighted by Gasteiger charge is 2.25. The fourth-order valence-corrected chi connectivity index (χ4v) is 1.71. The summed E-state index contributed by atoms with van der Waals surface area (Å²) in [4.78, 5) is 22.9. The van der Waals surface area contributed by atoms with Crippen molar-refractivity contribution in [3.05, 3.63) is 29.6 Å². The van der Waals surface area contributed by atoms with E-state index in [0.717, 1.165) is 0 Å². The van der Waals surface area contributed by atoms with Crippen LogP contribution in [0.25, 0.3) is 0 Å². The van der Waals surface area contributed by atoms with Crippen molar-refractivity contribution in [1.82, 2.24) is 5.32 Å². The van der Waals surface area contributed by atoms with E-state index in [4.69, 9.17) is 5.11 Å². The number of carboxylic acids is 1. The summed E-state index contributed by atoms with van der Waals surface area (Å²) in [5.74, 6) is -1.76. The van der Waals surface area contributed by atoms with E-state index in [1.165, 1.54) is 18.2 Å². The normalized spacial score (nSPS) is 13.4. The number of aliphatic carboxylic acids is 1. The topological polar surface area (TPSA) is 78.4 Å². The Morgan fingerprint density at radius 2 is 2.05 bits per heavy atom. The summed E-state index contributed by atoms with van der Waals surface area (Å²) >= 11 is 0. The zero-order valence-electron chi connectivity index (χ0n) is 11.7. The summed E-state index contributed by atoms with van der Waals surface area (Å²) in [5, 5.41) is 13.9. The number of rotatable bonds is 5. The van der Waals surface area contributed by atoms with Gasteiger partial charge in [-0.2, -0.15) is 0 Å². The molecule has 0 saturated carbocycles. The molecule has 3 N–H and O–H groups in total. The molecule has 0 spiro atoms. The van der Waals surface area contributed by atoms with Crippen LogP contribution in [0, 0.1) is 18.7 Å². The summed E-state index contributed by atoms with van der Waals surface area (Å²) in [5.41, 5.74) is 1.01. The Balaban J connectivity index is 2.75. The van der Waals surface area contributed by atoms with Crippen LogP contribution in [0.3, 0.4) is 0 Å². The lowest BCUT2D eigenvalue weighted by atomic mass is 9.99. The molecule has 0 aromatic heterocycles. The van der Waals surface area contributed by atoms with Gasteiger partial charge in [0.2, 0.25) is 0 Å². The van der Waals surface area contributed by atoms with Crippen LogP contribution in [-0.4, -0.2) is 23.1 Å². The Hall–Kier alpha value is -2.11. The van der Waals surface area contributed by atoms with Crippen LogP contribution in [0.1, 0.15) is 25.8 Å². The molecular formula is C14H19FN2O3. The van der Waals surface area contributed by atoms with Crippen molar-refractivity contribution < 1.29 is 19.1 Å². The number of urea groups is 1. The number of carboxylic acid groups (broad SMARTS) is 1. The van der Waals surface area contributed by atoms with Gasteiger partial charge in [-0.1, -0.05) is 26.3 Å². The van der Waals surface area contributed by atoms with Gasteiger partial charge in [0, 0.05) is 5.69 Å². The van der Waals surface area contributed by atoms with E-state index in [0.29, 0.717) is 17.7 Å². The zero-order valence-corrected chi connectivity index (χ0v) is 11.7. The second-order valence-corrected chi connectivity index (χ2v) is 4.76.